The summed E-state index contributed by atoms with van der Waals surface area (Å²) in [4.78, 5) is 18.0. The molecule has 0 fully saturated rings. The highest BCUT2D eigenvalue weighted by Crippen LogP contribution is 2.29. The summed E-state index contributed by atoms with van der Waals surface area (Å²) >= 11 is 0. The molecule has 0 aliphatic carbocycles. The van der Waals surface area contributed by atoms with Crippen molar-refractivity contribution in [1.82, 2.24) is 9.80 Å². The Morgan fingerprint density at radius 3 is 2.50 bits per heavy atom. The van der Waals surface area contributed by atoms with Gasteiger partial charge in [0.15, 0.2) is 5.88 Å². The van der Waals surface area contributed by atoms with E-state index in [0.717, 1.165) is 74.8 Å². The Morgan fingerprint density at radius 2 is 1.74 bits per heavy atom. The summed E-state index contributed by atoms with van der Waals surface area (Å²) in [5.41, 5.74) is 6.65. The summed E-state index contributed by atoms with van der Waals surface area (Å²) < 4.78 is 12.2. The normalized spacial score (nSPS) is 17.0. The highest BCUT2D eigenvalue weighted by atomic mass is 16.5. The Morgan fingerprint density at radius 1 is 0.974 bits per heavy atom. The highest BCUT2D eigenvalue weighted by molar-refractivity contribution is 5.98. The molecule has 0 unspecified atom stereocenters. The van der Waals surface area contributed by atoms with E-state index in [1.165, 1.54) is 16.7 Å². The predicted octanol–water partition coefficient (Wildman–Crippen LogP) is 6.74. The van der Waals surface area contributed by atoms with Crippen LogP contribution in [0.25, 0.3) is 0 Å². The summed E-state index contributed by atoms with van der Waals surface area (Å²) in [6.07, 6.45) is 3.85. The van der Waals surface area contributed by atoms with E-state index in [9.17, 15) is 4.79 Å². The van der Waals surface area contributed by atoms with Crippen molar-refractivity contribution in [2.45, 2.75) is 66.8 Å². The van der Waals surface area contributed by atoms with Gasteiger partial charge in [-0.3, -0.25) is 9.69 Å². The first-order valence-corrected chi connectivity index (χ1v) is 14.1. The van der Waals surface area contributed by atoms with Crippen LogP contribution in [0, 0.1) is 0 Å². The number of amides is 1. The van der Waals surface area contributed by atoms with E-state index in [-0.39, 0.29) is 5.91 Å². The first kappa shape index (κ1) is 27.8. The average Bonchev–Trinajstić information content (AvgIpc) is 3.09. The SMILES string of the molecule is CC/C(C)=C(/C)O/C(Nc1ccc2c(c1)C(=O)N(CCCN1CCc3ccccc3C1)CCO2)=C(\C)CC. The maximum atomic E-state index is 13.6. The number of nitrogens with zero attached hydrogens (tertiary/aromatic N) is 2. The molecule has 38 heavy (non-hydrogen) atoms. The van der Waals surface area contributed by atoms with Gasteiger partial charge in [-0.1, -0.05) is 38.1 Å². The quantitative estimate of drug-likeness (QED) is 0.354. The van der Waals surface area contributed by atoms with Crippen molar-refractivity contribution in [3.8, 4) is 5.75 Å². The lowest BCUT2D eigenvalue weighted by Gasteiger charge is -2.29. The molecule has 2 aromatic rings. The van der Waals surface area contributed by atoms with E-state index in [1.807, 2.05) is 30.0 Å². The maximum Gasteiger partial charge on any atom is 0.257 e. The number of carbonyl (C=O) groups is 1. The van der Waals surface area contributed by atoms with Crippen molar-refractivity contribution in [3.05, 3.63) is 81.9 Å². The third kappa shape index (κ3) is 6.79. The van der Waals surface area contributed by atoms with Crippen molar-refractivity contribution in [2.24, 2.45) is 0 Å². The number of nitrogens with one attached hydrogen (secondary N) is 1. The van der Waals surface area contributed by atoms with E-state index in [2.05, 4.69) is 62.2 Å². The molecule has 0 aromatic heterocycles. The van der Waals surface area contributed by atoms with Gasteiger partial charge in [0.2, 0.25) is 0 Å². The molecule has 1 amide bonds. The largest absolute Gasteiger partial charge is 0.491 e. The van der Waals surface area contributed by atoms with Gasteiger partial charge in [-0.25, -0.2) is 0 Å². The summed E-state index contributed by atoms with van der Waals surface area (Å²) in [6, 6.07) is 14.5. The van der Waals surface area contributed by atoms with Gasteiger partial charge in [0.05, 0.1) is 12.1 Å². The molecule has 0 bridgehead atoms. The van der Waals surface area contributed by atoms with Crippen molar-refractivity contribution >= 4 is 11.6 Å². The van der Waals surface area contributed by atoms with Crippen molar-refractivity contribution in [2.75, 3.05) is 38.1 Å². The van der Waals surface area contributed by atoms with Crippen LogP contribution < -0.4 is 10.1 Å². The smallest absolute Gasteiger partial charge is 0.257 e. The minimum Gasteiger partial charge on any atom is -0.491 e. The molecule has 2 aliphatic rings. The van der Waals surface area contributed by atoms with E-state index < -0.39 is 0 Å². The van der Waals surface area contributed by atoms with Crippen LogP contribution in [0.15, 0.2) is 65.3 Å². The Hall–Kier alpha value is -3.25. The molecule has 204 valence electrons. The van der Waals surface area contributed by atoms with Gasteiger partial charge in [0.25, 0.3) is 5.91 Å². The van der Waals surface area contributed by atoms with Gasteiger partial charge in [0, 0.05) is 31.9 Å². The van der Waals surface area contributed by atoms with E-state index in [1.54, 1.807) is 0 Å². The molecule has 6 heteroatoms. The second kappa shape index (κ2) is 13.0. The number of benzene rings is 2. The third-order valence-corrected chi connectivity index (χ3v) is 7.79. The fraction of sp³-hybridized carbons (Fsp3) is 0.469. The van der Waals surface area contributed by atoms with Crippen molar-refractivity contribution in [3.63, 3.8) is 0 Å². The van der Waals surface area contributed by atoms with Gasteiger partial charge >= 0.3 is 0 Å². The third-order valence-electron chi connectivity index (χ3n) is 7.79. The first-order chi connectivity index (χ1) is 18.4. The molecule has 0 saturated heterocycles. The summed E-state index contributed by atoms with van der Waals surface area (Å²) in [6.45, 7) is 15.3. The van der Waals surface area contributed by atoms with E-state index >= 15 is 0 Å². The number of hydrogen-bond donors (Lipinski definition) is 1. The lowest BCUT2D eigenvalue weighted by Crippen LogP contribution is -2.36. The zero-order chi connectivity index (χ0) is 27.1. The molecule has 0 saturated carbocycles. The molecule has 0 atom stereocenters. The van der Waals surface area contributed by atoms with Gasteiger partial charge in [-0.2, -0.15) is 0 Å². The molecule has 0 spiro atoms. The Kier molecular flexibility index (Phi) is 9.51. The molecule has 2 aromatic carbocycles. The molecule has 0 radical (unpaired) electrons. The van der Waals surface area contributed by atoms with Gasteiger partial charge in [-0.05, 0) is 86.9 Å². The number of rotatable bonds is 10. The Labute approximate surface area is 228 Å². The van der Waals surface area contributed by atoms with Gasteiger partial charge < -0.3 is 19.7 Å². The van der Waals surface area contributed by atoms with E-state index in [4.69, 9.17) is 9.47 Å². The number of fused-ring (bicyclic) bond motifs is 2. The number of hydrogen-bond acceptors (Lipinski definition) is 5. The fourth-order valence-corrected chi connectivity index (χ4v) is 4.88. The standard InChI is InChI=1S/C32H43N3O3/c1-6-23(3)25(5)38-31(24(4)7-2)33-28-13-14-30-29(21-28)32(36)35(19-20-37-30)17-10-16-34-18-15-26-11-8-9-12-27(26)22-34/h8-9,11-14,21,33H,6-7,10,15-20,22H2,1-5H3/b25-23-,31-24+. The van der Waals surface area contributed by atoms with Crippen LogP contribution in [0.5, 0.6) is 5.75 Å². The van der Waals surface area contributed by atoms with Crippen LogP contribution >= 0.6 is 0 Å². The summed E-state index contributed by atoms with van der Waals surface area (Å²) in [7, 11) is 0. The number of allylic oxidation sites excluding steroid dienone is 3. The molecule has 1 N–H and O–H groups in total. The molecule has 2 aliphatic heterocycles. The van der Waals surface area contributed by atoms with Crippen molar-refractivity contribution < 1.29 is 14.3 Å². The molecular formula is C32H43N3O3. The minimum absolute atomic E-state index is 0.0294. The van der Waals surface area contributed by atoms with Crippen LogP contribution in [0.3, 0.4) is 0 Å². The minimum atomic E-state index is 0.0294. The zero-order valence-corrected chi connectivity index (χ0v) is 23.7. The zero-order valence-electron chi connectivity index (χ0n) is 23.7. The average molecular weight is 518 g/mol. The van der Waals surface area contributed by atoms with Crippen molar-refractivity contribution in [1.29, 1.82) is 0 Å². The highest BCUT2D eigenvalue weighted by Gasteiger charge is 2.24. The lowest BCUT2D eigenvalue weighted by atomic mass is 10.00. The van der Waals surface area contributed by atoms with Crippen LogP contribution in [0.1, 0.15) is 75.4 Å². The van der Waals surface area contributed by atoms with Crippen LogP contribution in [-0.2, 0) is 17.7 Å². The molecule has 4 rings (SSSR count). The van der Waals surface area contributed by atoms with Crippen LogP contribution in [-0.4, -0.2) is 48.5 Å². The second-order valence-electron chi connectivity index (χ2n) is 10.4. The van der Waals surface area contributed by atoms with E-state index in [0.29, 0.717) is 24.5 Å². The Balaban J connectivity index is 1.41. The summed E-state index contributed by atoms with van der Waals surface area (Å²) in [5, 5.41) is 3.43. The molecular weight excluding hydrogens is 474 g/mol. The second-order valence-corrected chi connectivity index (χ2v) is 10.4. The maximum absolute atomic E-state index is 13.6. The Bertz CT molecular complexity index is 1200. The molecule has 6 nitrogen and oxygen atoms in total. The lowest BCUT2D eigenvalue weighted by molar-refractivity contribution is 0.0746. The number of ether oxygens (including phenoxy) is 2. The van der Waals surface area contributed by atoms with Crippen LogP contribution in [0.4, 0.5) is 5.69 Å². The molecule has 2 heterocycles. The van der Waals surface area contributed by atoms with Gasteiger partial charge in [0.1, 0.15) is 18.1 Å². The first-order valence-electron chi connectivity index (χ1n) is 14.1. The predicted molar refractivity (Wildman–Crippen MR) is 154 cm³/mol. The fourth-order valence-electron chi connectivity index (χ4n) is 4.88. The monoisotopic (exact) mass is 517 g/mol. The van der Waals surface area contributed by atoms with Gasteiger partial charge in [-0.15, -0.1) is 0 Å². The summed E-state index contributed by atoms with van der Waals surface area (Å²) in [5.74, 6) is 2.30. The topological polar surface area (TPSA) is 54.0 Å². The number of carbonyl (C=O) groups excluding carboxylic acids is 1. The van der Waals surface area contributed by atoms with Crippen LogP contribution in [0.2, 0.25) is 0 Å². The number of anilines is 1.